The van der Waals surface area contributed by atoms with Gasteiger partial charge >= 0.3 is 0 Å². The summed E-state index contributed by atoms with van der Waals surface area (Å²) in [5.41, 5.74) is 1.13. The second kappa shape index (κ2) is 10.5. The summed E-state index contributed by atoms with van der Waals surface area (Å²) >= 11 is 1.40. The van der Waals surface area contributed by atoms with E-state index in [1.165, 1.54) is 11.3 Å². The van der Waals surface area contributed by atoms with Crippen molar-refractivity contribution in [3.63, 3.8) is 0 Å². The normalized spacial score (nSPS) is 11.0. The summed E-state index contributed by atoms with van der Waals surface area (Å²) in [6, 6.07) is 8.81. The Hall–Kier alpha value is -3.04. The lowest BCUT2D eigenvalue weighted by atomic mass is 10.1. The van der Waals surface area contributed by atoms with Crippen LogP contribution in [-0.2, 0) is 0 Å². The molecule has 0 radical (unpaired) electrons. The number of ether oxygens (including phenoxy) is 4. The van der Waals surface area contributed by atoms with Gasteiger partial charge < -0.3 is 23.8 Å². The molecule has 0 fully saturated rings. The molecule has 0 N–H and O–H groups in total. The van der Waals surface area contributed by atoms with E-state index >= 15 is 0 Å². The highest BCUT2D eigenvalue weighted by Crippen LogP contribution is 2.40. The fraction of sp³-hybridized carbons (Fsp3) is 0.391. The molecule has 8 nitrogen and oxygen atoms in total. The first kappa shape index (κ1) is 23.6. The van der Waals surface area contributed by atoms with Crippen molar-refractivity contribution in [2.45, 2.75) is 6.42 Å². The van der Waals surface area contributed by atoms with E-state index in [2.05, 4.69) is 4.90 Å². The zero-order valence-electron chi connectivity index (χ0n) is 19.3. The number of rotatable bonds is 10. The highest BCUT2D eigenvalue weighted by Gasteiger charge is 2.24. The topological polar surface area (TPSA) is 73.4 Å². The number of carbonyl (C=O) groups is 1. The summed E-state index contributed by atoms with van der Waals surface area (Å²) < 4.78 is 22.5. The Morgan fingerprint density at radius 1 is 0.906 bits per heavy atom. The van der Waals surface area contributed by atoms with Gasteiger partial charge in [0.25, 0.3) is 5.91 Å². The Morgan fingerprint density at radius 3 is 2.09 bits per heavy atom. The monoisotopic (exact) mass is 459 g/mol. The van der Waals surface area contributed by atoms with E-state index in [0.717, 1.165) is 17.7 Å². The van der Waals surface area contributed by atoms with Crippen LogP contribution in [0, 0.1) is 0 Å². The summed E-state index contributed by atoms with van der Waals surface area (Å²) in [6.07, 6.45) is 0.782. The quantitative estimate of drug-likeness (QED) is 0.455. The van der Waals surface area contributed by atoms with Crippen LogP contribution in [-0.4, -0.2) is 71.4 Å². The number of methoxy groups -OCH3 is 4. The second-order valence-electron chi connectivity index (χ2n) is 7.36. The van der Waals surface area contributed by atoms with Crippen molar-refractivity contribution in [2.24, 2.45) is 0 Å². The number of nitrogens with zero attached hydrogens (tertiary/aromatic N) is 3. The average molecular weight is 460 g/mol. The first-order valence-corrected chi connectivity index (χ1v) is 10.9. The Kier molecular flexibility index (Phi) is 7.76. The van der Waals surface area contributed by atoms with Gasteiger partial charge in [-0.3, -0.25) is 9.69 Å². The van der Waals surface area contributed by atoms with Crippen molar-refractivity contribution in [2.75, 3.05) is 60.5 Å². The standard InChI is InChI=1S/C23H29N3O5S/c1-25(2)10-7-11-26(22(27)15-12-16(28-3)14-17(13-15)29-4)23-24-20-18(30-5)8-9-19(31-6)21(20)32-23/h8-9,12-14H,7,10-11H2,1-6H3. The van der Waals surface area contributed by atoms with Crippen molar-refractivity contribution in [3.05, 3.63) is 35.9 Å². The number of thiazole rings is 1. The third kappa shape index (κ3) is 5.05. The Morgan fingerprint density at radius 2 is 1.53 bits per heavy atom. The van der Waals surface area contributed by atoms with Crippen LogP contribution in [0.25, 0.3) is 10.2 Å². The van der Waals surface area contributed by atoms with Gasteiger partial charge in [0.2, 0.25) is 0 Å². The molecular weight excluding hydrogens is 430 g/mol. The van der Waals surface area contributed by atoms with Crippen LogP contribution in [0.2, 0.25) is 0 Å². The molecule has 1 amide bonds. The third-order valence-corrected chi connectivity index (χ3v) is 6.05. The molecule has 9 heteroatoms. The summed E-state index contributed by atoms with van der Waals surface area (Å²) in [5.74, 6) is 2.24. The van der Waals surface area contributed by atoms with Crippen LogP contribution in [0.15, 0.2) is 30.3 Å². The van der Waals surface area contributed by atoms with Crippen LogP contribution < -0.4 is 23.8 Å². The van der Waals surface area contributed by atoms with Crippen LogP contribution in [0.5, 0.6) is 23.0 Å². The van der Waals surface area contributed by atoms with Gasteiger partial charge in [-0.15, -0.1) is 0 Å². The molecule has 3 rings (SSSR count). The minimum atomic E-state index is -0.182. The van der Waals surface area contributed by atoms with Crippen molar-refractivity contribution in [1.82, 2.24) is 9.88 Å². The molecule has 32 heavy (non-hydrogen) atoms. The van der Waals surface area contributed by atoms with E-state index in [9.17, 15) is 4.79 Å². The third-order valence-electron chi connectivity index (χ3n) is 4.96. The van der Waals surface area contributed by atoms with E-state index in [4.69, 9.17) is 23.9 Å². The number of anilines is 1. The van der Waals surface area contributed by atoms with Crippen molar-refractivity contribution in [3.8, 4) is 23.0 Å². The number of amides is 1. The number of benzene rings is 2. The minimum absolute atomic E-state index is 0.182. The lowest BCUT2D eigenvalue weighted by Gasteiger charge is -2.21. The number of fused-ring (bicyclic) bond motifs is 1. The van der Waals surface area contributed by atoms with E-state index in [0.29, 0.717) is 45.8 Å². The lowest BCUT2D eigenvalue weighted by molar-refractivity contribution is 0.0985. The maximum Gasteiger partial charge on any atom is 0.260 e. The SMILES string of the molecule is COc1cc(OC)cc(C(=O)N(CCCN(C)C)c2nc3c(OC)ccc(OC)c3s2)c1. The molecule has 0 aliphatic heterocycles. The minimum Gasteiger partial charge on any atom is -0.497 e. The van der Waals surface area contributed by atoms with Gasteiger partial charge in [-0.1, -0.05) is 11.3 Å². The molecule has 0 unspecified atom stereocenters. The Balaban J connectivity index is 2.07. The second-order valence-corrected chi connectivity index (χ2v) is 8.34. The zero-order chi connectivity index (χ0) is 23.3. The van der Waals surface area contributed by atoms with E-state index in [-0.39, 0.29) is 5.91 Å². The number of carbonyl (C=O) groups excluding carboxylic acids is 1. The summed E-state index contributed by atoms with van der Waals surface area (Å²) in [4.78, 5) is 22.2. The van der Waals surface area contributed by atoms with Gasteiger partial charge in [0.05, 0.1) is 28.4 Å². The summed E-state index contributed by atoms with van der Waals surface area (Å²) in [7, 11) is 10.3. The summed E-state index contributed by atoms with van der Waals surface area (Å²) in [6.45, 7) is 1.34. The molecular formula is C23H29N3O5S. The van der Waals surface area contributed by atoms with Gasteiger partial charge in [0, 0.05) is 18.2 Å². The van der Waals surface area contributed by atoms with Crippen molar-refractivity contribution < 1.29 is 23.7 Å². The van der Waals surface area contributed by atoms with Crippen LogP contribution in [0.1, 0.15) is 16.8 Å². The largest absolute Gasteiger partial charge is 0.497 e. The van der Waals surface area contributed by atoms with E-state index in [1.54, 1.807) is 51.5 Å². The van der Waals surface area contributed by atoms with Crippen molar-refractivity contribution >= 4 is 32.6 Å². The molecule has 0 bridgehead atoms. The van der Waals surface area contributed by atoms with E-state index < -0.39 is 0 Å². The molecule has 172 valence electrons. The Bertz CT molecular complexity index is 1020. The number of hydrogen-bond acceptors (Lipinski definition) is 8. The van der Waals surface area contributed by atoms with E-state index in [1.807, 2.05) is 26.2 Å². The summed E-state index contributed by atoms with van der Waals surface area (Å²) in [5, 5.41) is 0.577. The molecule has 0 atom stereocenters. The molecule has 0 saturated carbocycles. The number of aromatic nitrogens is 1. The molecule has 2 aromatic carbocycles. The fourth-order valence-electron chi connectivity index (χ4n) is 3.31. The zero-order valence-corrected chi connectivity index (χ0v) is 20.1. The van der Waals surface area contributed by atoms with Gasteiger partial charge in [0.15, 0.2) is 5.13 Å². The molecule has 3 aromatic rings. The number of hydrogen-bond donors (Lipinski definition) is 0. The highest BCUT2D eigenvalue weighted by atomic mass is 32.1. The van der Waals surface area contributed by atoms with Gasteiger partial charge in [-0.2, -0.15) is 0 Å². The Labute approximate surface area is 192 Å². The first-order chi connectivity index (χ1) is 15.4. The highest BCUT2D eigenvalue weighted by molar-refractivity contribution is 7.22. The maximum absolute atomic E-state index is 13.6. The molecule has 0 aliphatic rings. The fourth-order valence-corrected chi connectivity index (χ4v) is 4.40. The lowest BCUT2D eigenvalue weighted by Crippen LogP contribution is -2.33. The van der Waals surface area contributed by atoms with Gasteiger partial charge in [0.1, 0.15) is 33.2 Å². The van der Waals surface area contributed by atoms with Gasteiger partial charge in [-0.05, 0) is 51.3 Å². The predicted molar refractivity (Wildman–Crippen MR) is 127 cm³/mol. The molecule has 1 aromatic heterocycles. The van der Waals surface area contributed by atoms with Crippen LogP contribution in [0.3, 0.4) is 0 Å². The first-order valence-electron chi connectivity index (χ1n) is 10.1. The molecule has 0 saturated heterocycles. The predicted octanol–water partition coefficient (Wildman–Crippen LogP) is 3.93. The molecule has 0 spiro atoms. The maximum atomic E-state index is 13.6. The van der Waals surface area contributed by atoms with Crippen LogP contribution in [0.4, 0.5) is 5.13 Å². The van der Waals surface area contributed by atoms with Crippen molar-refractivity contribution in [1.29, 1.82) is 0 Å². The van der Waals surface area contributed by atoms with Gasteiger partial charge in [-0.25, -0.2) is 4.98 Å². The molecule has 0 aliphatic carbocycles. The average Bonchev–Trinajstić information content (AvgIpc) is 3.25. The smallest absolute Gasteiger partial charge is 0.260 e. The van der Waals surface area contributed by atoms with Crippen LogP contribution >= 0.6 is 11.3 Å². The molecule has 1 heterocycles.